The van der Waals surface area contributed by atoms with Gasteiger partial charge in [-0.2, -0.15) is 4.98 Å². The van der Waals surface area contributed by atoms with Crippen molar-refractivity contribution in [1.82, 2.24) is 19.5 Å². The molecule has 0 unspecified atom stereocenters. The van der Waals surface area contributed by atoms with Gasteiger partial charge in [0.15, 0.2) is 5.65 Å². The molecule has 2 aromatic rings. The Morgan fingerprint density at radius 2 is 2.00 bits per heavy atom. The summed E-state index contributed by atoms with van der Waals surface area (Å²) in [6.45, 7) is 3.97. The average molecular weight is 211 g/mol. The number of hydrogen-bond acceptors (Lipinski definition) is 3. The molecule has 0 N–H and O–H groups in total. The van der Waals surface area contributed by atoms with E-state index in [1.54, 1.807) is 0 Å². The van der Waals surface area contributed by atoms with Gasteiger partial charge in [0.25, 0.3) is 0 Å². The SMILES string of the molecule is CCc1nc(Cl)nc2c1nc(C)n2C. The Bertz CT molecular complexity index is 489. The Kier molecular flexibility index (Phi) is 2.15. The van der Waals surface area contributed by atoms with Gasteiger partial charge in [0.1, 0.15) is 11.3 Å². The van der Waals surface area contributed by atoms with Crippen molar-refractivity contribution in [2.45, 2.75) is 20.3 Å². The minimum atomic E-state index is 0.289. The van der Waals surface area contributed by atoms with Crippen LogP contribution in [0.4, 0.5) is 0 Å². The molecule has 0 aliphatic carbocycles. The van der Waals surface area contributed by atoms with E-state index in [0.29, 0.717) is 0 Å². The van der Waals surface area contributed by atoms with E-state index in [1.807, 2.05) is 25.5 Å². The first-order valence-corrected chi connectivity index (χ1v) is 4.86. The summed E-state index contributed by atoms with van der Waals surface area (Å²) < 4.78 is 1.92. The molecular weight excluding hydrogens is 200 g/mol. The van der Waals surface area contributed by atoms with Gasteiger partial charge in [-0.25, -0.2) is 9.97 Å². The molecule has 2 aromatic heterocycles. The second-order valence-corrected chi connectivity index (χ2v) is 3.52. The molecule has 0 bridgehead atoms. The third-order valence-corrected chi connectivity index (χ3v) is 2.49. The summed E-state index contributed by atoms with van der Waals surface area (Å²) in [7, 11) is 1.92. The lowest BCUT2D eigenvalue weighted by molar-refractivity contribution is 0.872. The van der Waals surface area contributed by atoms with Gasteiger partial charge in [-0.3, -0.25) is 0 Å². The number of nitrogens with zero attached hydrogens (tertiary/aromatic N) is 4. The standard InChI is InChI=1S/C9H11ClN4/c1-4-6-7-8(13-9(10)12-6)14(3)5(2)11-7/h4H2,1-3H3. The second-order valence-electron chi connectivity index (χ2n) is 3.18. The summed E-state index contributed by atoms with van der Waals surface area (Å²) in [6, 6.07) is 0. The molecule has 2 heterocycles. The first kappa shape index (κ1) is 9.40. The van der Waals surface area contributed by atoms with Crippen molar-refractivity contribution < 1.29 is 0 Å². The molecule has 0 amide bonds. The lowest BCUT2D eigenvalue weighted by Crippen LogP contribution is -1.96. The van der Waals surface area contributed by atoms with E-state index >= 15 is 0 Å². The molecule has 0 aliphatic heterocycles. The number of halogens is 1. The van der Waals surface area contributed by atoms with Crippen LogP contribution in [0.5, 0.6) is 0 Å². The molecule has 0 aliphatic rings. The molecular formula is C9H11ClN4. The van der Waals surface area contributed by atoms with E-state index < -0.39 is 0 Å². The van der Waals surface area contributed by atoms with Crippen molar-refractivity contribution in [1.29, 1.82) is 0 Å². The molecule has 2 rings (SSSR count). The Labute approximate surface area is 87.0 Å². The van der Waals surface area contributed by atoms with Crippen LogP contribution in [0, 0.1) is 6.92 Å². The van der Waals surface area contributed by atoms with Gasteiger partial charge >= 0.3 is 0 Å². The molecule has 74 valence electrons. The van der Waals surface area contributed by atoms with Crippen LogP contribution in [0.1, 0.15) is 18.4 Å². The maximum Gasteiger partial charge on any atom is 0.224 e. The fourth-order valence-corrected chi connectivity index (χ4v) is 1.63. The maximum absolute atomic E-state index is 5.82. The zero-order chi connectivity index (χ0) is 10.3. The highest BCUT2D eigenvalue weighted by Crippen LogP contribution is 2.18. The summed E-state index contributed by atoms with van der Waals surface area (Å²) in [4.78, 5) is 12.7. The topological polar surface area (TPSA) is 43.6 Å². The van der Waals surface area contributed by atoms with Crippen molar-refractivity contribution in [2.75, 3.05) is 0 Å². The molecule has 0 saturated heterocycles. The van der Waals surface area contributed by atoms with E-state index in [0.717, 1.165) is 29.1 Å². The van der Waals surface area contributed by atoms with Crippen LogP contribution in [0.2, 0.25) is 5.28 Å². The first-order valence-electron chi connectivity index (χ1n) is 4.49. The smallest absolute Gasteiger partial charge is 0.224 e. The summed E-state index contributed by atoms with van der Waals surface area (Å²) in [6.07, 6.45) is 0.815. The van der Waals surface area contributed by atoms with Gasteiger partial charge < -0.3 is 4.57 Å². The maximum atomic E-state index is 5.82. The van der Waals surface area contributed by atoms with Gasteiger partial charge in [0.05, 0.1) is 5.69 Å². The highest BCUT2D eigenvalue weighted by Gasteiger charge is 2.11. The largest absolute Gasteiger partial charge is 0.316 e. The zero-order valence-electron chi connectivity index (χ0n) is 8.37. The number of imidazole rings is 1. The lowest BCUT2D eigenvalue weighted by Gasteiger charge is -1.99. The van der Waals surface area contributed by atoms with Crippen LogP contribution in [0.3, 0.4) is 0 Å². The van der Waals surface area contributed by atoms with Crippen molar-refractivity contribution >= 4 is 22.8 Å². The van der Waals surface area contributed by atoms with E-state index in [-0.39, 0.29) is 5.28 Å². The van der Waals surface area contributed by atoms with E-state index in [1.165, 1.54) is 0 Å². The van der Waals surface area contributed by atoms with Gasteiger partial charge in [0.2, 0.25) is 5.28 Å². The summed E-state index contributed by atoms with van der Waals surface area (Å²) in [5.74, 6) is 0.922. The van der Waals surface area contributed by atoms with Gasteiger partial charge in [-0.05, 0) is 24.9 Å². The van der Waals surface area contributed by atoms with Crippen LogP contribution in [0.25, 0.3) is 11.2 Å². The molecule has 4 nitrogen and oxygen atoms in total. The number of fused-ring (bicyclic) bond motifs is 1. The van der Waals surface area contributed by atoms with Crippen LogP contribution in [-0.4, -0.2) is 19.5 Å². The third-order valence-electron chi connectivity index (χ3n) is 2.32. The highest BCUT2D eigenvalue weighted by molar-refractivity contribution is 6.28. The number of hydrogen-bond donors (Lipinski definition) is 0. The van der Waals surface area contributed by atoms with E-state index in [4.69, 9.17) is 11.6 Å². The van der Waals surface area contributed by atoms with Crippen LogP contribution < -0.4 is 0 Å². The molecule has 0 fully saturated rings. The van der Waals surface area contributed by atoms with Crippen molar-refractivity contribution in [3.63, 3.8) is 0 Å². The monoisotopic (exact) mass is 210 g/mol. The lowest BCUT2D eigenvalue weighted by atomic mass is 10.3. The quantitative estimate of drug-likeness (QED) is 0.676. The minimum absolute atomic E-state index is 0.289. The van der Waals surface area contributed by atoms with Crippen molar-refractivity contribution in [3.05, 3.63) is 16.8 Å². The van der Waals surface area contributed by atoms with Crippen LogP contribution in [0.15, 0.2) is 0 Å². The Balaban J connectivity index is 2.87. The summed E-state index contributed by atoms with van der Waals surface area (Å²) >= 11 is 5.82. The van der Waals surface area contributed by atoms with Gasteiger partial charge in [-0.1, -0.05) is 6.92 Å². The minimum Gasteiger partial charge on any atom is -0.316 e. The molecule has 0 aromatic carbocycles. The normalized spacial score (nSPS) is 11.1. The van der Waals surface area contributed by atoms with Crippen LogP contribution >= 0.6 is 11.6 Å². The summed E-state index contributed by atoms with van der Waals surface area (Å²) in [5, 5.41) is 0.289. The fraction of sp³-hybridized carbons (Fsp3) is 0.444. The average Bonchev–Trinajstić information content (AvgIpc) is 2.43. The second kappa shape index (κ2) is 3.20. The van der Waals surface area contributed by atoms with Gasteiger partial charge in [-0.15, -0.1) is 0 Å². The Morgan fingerprint density at radius 1 is 1.29 bits per heavy atom. The number of rotatable bonds is 1. The molecule has 0 spiro atoms. The van der Waals surface area contributed by atoms with E-state index in [2.05, 4.69) is 15.0 Å². The Hall–Kier alpha value is -1.16. The van der Waals surface area contributed by atoms with E-state index in [9.17, 15) is 0 Å². The molecule has 0 radical (unpaired) electrons. The number of aryl methyl sites for hydroxylation is 3. The fourth-order valence-electron chi connectivity index (χ4n) is 1.44. The van der Waals surface area contributed by atoms with Crippen molar-refractivity contribution in [2.24, 2.45) is 7.05 Å². The predicted molar refractivity (Wildman–Crippen MR) is 55.4 cm³/mol. The molecule has 14 heavy (non-hydrogen) atoms. The Morgan fingerprint density at radius 3 is 2.64 bits per heavy atom. The molecule has 5 heteroatoms. The van der Waals surface area contributed by atoms with Crippen molar-refractivity contribution in [3.8, 4) is 0 Å². The molecule has 0 saturated carbocycles. The number of aromatic nitrogens is 4. The third kappa shape index (κ3) is 1.26. The highest BCUT2D eigenvalue weighted by atomic mass is 35.5. The summed E-state index contributed by atoms with van der Waals surface area (Å²) in [5.41, 5.74) is 2.57. The first-order chi connectivity index (χ1) is 6.63. The molecule has 0 atom stereocenters. The van der Waals surface area contributed by atoms with Crippen LogP contribution in [-0.2, 0) is 13.5 Å². The van der Waals surface area contributed by atoms with Gasteiger partial charge in [0, 0.05) is 7.05 Å². The predicted octanol–water partition coefficient (Wildman–Crippen LogP) is 1.89. The zero-order valence-corrected chi connectivity index (χ0v) is 9.13.